The lowest BCUT2D eigenvalue weighted by atomic mass is 9.99. The van der Waals surface area contributed by atoms with Crippen molar-refractivity contribution in [2.45, 2.75) is 19.8 Å². The predicted molar refractivity (Wildman–Crippen MR) is 126 cm³/mol. The molecule has 4 rings (SSSR count). The van der Waals surface area contributed by atoms with Crippen LogP contribution < -0.4 is 9.64 Å². The minimum absolute atomic E-state index is 0.0557. The Morgan fingerprint density at radius 1 is 0.871 bits per heavy atom. The molecule has 1 amide bonds. The maximum Gasteiger partial charge on any atom is 0.262 e. The summed E-state index contributed by atoms with van der Waals surface area (Å²) in [4.78, 5) is 17.5. The van der Waals surface area contributed by atoms with E-state index in [4.69, 9.17) is 4.74 Å². The summed E-state index contributed by atoms with van der Waals surface area (Å²) in [5, 5.41) is 0. The Hall–Kier alpha value is -3.11. The summed E-state index contributed by atoms with van der Waals surface area (Å²) in [5.41, 5.74) is 2.31. The van der Waals surface area contributed by atoms with Crippen molar-refractivity contribution in [3.63, 3.8) is 0 Å². The number of carbonyl (C=O) groups is 1. The third-order valence-electron chi connectivity index (χ3n) is 5.89. The first-order valence-electron chi connectivity index (χ1n) is 11.1. The van der Waals surface area contributed by atoms with Gasteiger partial charge in [0.25, 0.3) is 5.91 Å². The highest BCUT2D eigenvalue weighted by molar-refractivity contribution is 6.10. The second-order valence-corrected chi connectivity index (χ2v) is 8.21. The van der Waals surface area contributed by atoms with Gasteiger partial charge in [0.15, 0.2) is 0 Å². The van der Waals surface area contributed by atoms with Crippen molar-refractivity contribution in [3.05, 3.63) is 90.5 Å². The average Bonchev–Trinajstić information content (AvgIpc) is 2.83. The molecule has 1 aliphatic rings. The fourth-order valence-corrected chi connectivity index (χ4v) is 3.94. The van der Waals surface area contributed by atoms with E-state index >= 15 is 0 Å². The molecule has 4 heteroatoms. The van der Waals surface area contributed by atoms with E-state index in [-0.39, 0.29) is 5.91 Å². The smallest absolute Gasteiger partial charge is 0.262 e. The van der Waals surface area contributed by atoms with E-state index in [0.29, 0.717) is 12.2 Å². The maximum atomic E-state index is 13.3. The Bertz CT molecular complexity index is 950. The van der Waals surface area contributed by atoms with Gasteiger partial charge in [0, 0.05) is 23.5 Å². The van der Waals surface area contributed by atoms with Crippen molar-refractivity contribution in [1.29, 1.82) is 0 Å². The number of rotatable bonds is 7. The van der Waals surface area contributed by atoms with E-state index in [1.54, 1.807) is 4.90 Å². The van der Waals surface area contributed by atoms with Crippen LogP contribution >= 0.6 is 0 Å². The molecule has 0 atom stereocenters. The fraction of sp³-hybridized carbons (Fsp3) is 0.296. The highest BCUT2D eigenvalue weighted by atomic mass is 16.5. The van der Waals surface area contributed by atoms with Gasteiger partial charge in [-0.1, -0.05) is 43.3 Å². The highest BCUT2D eigenvalue weighted by Gasteiger charge is 2.20. The van der Waals surface area contributed by atoms with Crippen molar-refractivity contribution in [2.75, 3.05) is 31.1 Å². The van der Waals surface area contributed by atoms with Crippen LogP contribution in [0.2, 0.25) is 0 Å². The zero-order valence-electron chi connectivity index (χ0n) is 18.1. The first-order chi connectivity index (χ1) is 15.2. The summed E-state index contributed by atoms with van der Waals surface area (Å²) in [7, 11) is 0. The topological polar surface area (TPSA) is 32.8 Å². The van der Waals surface area contributed by atoms with Crippen LogP contribution in [0, 0.1) is 5.92 Å². The number of piperidine rings is 1. The van der Waals surface area contributed by atoms with E-state index < -0.39 is 0 Å². The summed E-state index contributed by atoms with van der Waals surface area (Å²) < 4.78 is 5.98. The predicted octanol–water partition coefficient (Wildman–Crippen LogP) is 5.78. The molecule has 0 bridgehead atoms. The second-order valence-electron chi connectivity index (χ2n) is 8.21. The Morgan fingerprint density at radius 3 is 2.10 bits per heavy atom. The van der Waals surface area contributed by atoms with Gasteiger partial charge >= 0.3 is 0 Å². The van der Waals surface area contributed by atoms with E-state index in [1.165, 1.54) is 12.8 Å². The maximum absolute atomic E-state index is 13.3. The molecule has 0 aromatic heterocycles. The van der Waals surface area contributed by atoms with Gasteiger partial charge < -0.3 is 4.74 Å². The molecule has 3 aromatic rings. The van der Waals surface area contributed by atoms with Crippen LogP contribution in [0.25, 0.3) is 0 Å². The minimum Gasteiger partial charge on any atom is -0.492 e. The van der Waals surface area contributed by atoms with Crippen LogP contribution in [0.3, 0.4) is 0 Å². The van der Waals surface area contributed by atoms with Crippen molar-refractivity contribution in [2.24, 2.45) is 5.92 Å². The number of anilines is 2. The number of carbonyl (C=O) groups excluding carboxylic acids is 1. The molecular formula is C27H30N2O2. The monoisotopic (exact) mass is 414 g/mol. The van der Waals surface area contributed by atoms with Crippen molar-refractivity contribution in [1.82, 2.24) is 4.90 Å². The van der Waals surface area contributed by atoms with Crippen LogP contribution in [0.1, 0.15) is 30.1 Å². The fourth-order valence-electron chi connectivity index (χ4n) is 3.94. The molecule has 160 valence electrons. The van der Waals surface area contributed by atoms with Crippen LogP contribution in [0.4, 0.5) is 11.4 Å². The molecule has 0 saturated carbocycles. The van der Waals surface area contributed by atoms with Gasteiger partial charge in [-0.3, -0.25) is 14.6 Å². The molecule has 3 aromatic carbocycles. The molecule has 0 aliphatic carbocycles. The summed E-state index contributed by atoms with van der Waals surface area (Å²) in [6, 6.07) is 26.9. The van der Waals surface area contributed by atoms with Crippen LogP contribution in [-0.4, -0.2) is 37.0 Å². The van der Waals surface area contributed by atoms with E-state index in [0.717, 1.165) is 42.7 Å². The number of amides is 1. The van der Waals surface area contributed by atoms with Crippen LogP contribution in [0.5, 0.6) is 5.75 Å². The van der Waals surface area contributed by atoms with Gasteiger partial charge in [0.2, 0.25) is 0 Å². The largest absolute Gasteiger partial charge is 0.492 e. The molecule has 1 aliphatic heterocycles. The minimum atomic E-state index is -0.0557. The van der Waals surface area contributed by atoms with Crippen molar-refractivity contribution >= 4 is 17.3 Å². The molecule has 1 fully saturated rings. The Balaban J connectivity index is 1.44. The van der Waals surface area contributed by atoms with Gasteiger partial charge in [-0.05, 0) is 80.4 Å². The van der Waals surface area contributed by atoms with Gasteiger partial charge in [0.05, 0.1) is 0 Å². The van der Waals surface area contributed by atoms with E-state index in [9.17, 15) is 4.79 Å². The van der Waals surface area contributed by atoms with Crippen molar-refractivity contribution < 1.29 is 9.53 Å². The third kappa shape index (κ3) is 5.53. The zero-order valence-corrected chi connectivity index (χ0v) is 18.1. The Labute approximate surface area is 185 Å². The number of ether oxygens (including phenoxy) is 1. The van der Waals surface area contributed by atoms with Gasteiger partial charge in [-0.2, -0.15) is 0 Å². The van der Waals surface area contributed by atoms with Crippen LogP contribution in [0.15, 0.2) is 84.9 Å². The molecule has 1 saturated heterocycles. The number of hydrogen-bond donors (Lipinski definition) is 0. The number of likely N-dealkylation sites (tertiary alicyclic amines) is 1. The molecule has 0 unspecified atom stereocenters. The van der Waals surface area contributed by atoms with Gasteiger partial charge in [-0.25, -0.2) is 0 Å². The zero-order chi connectivity index (χ0) is 21.5. The number of benzene rings is 3. The Morgan fingerprint density at radius 2 is 1.45 bits per heavy atom. The van der Waals surface area contributed by atoms with E-state index in [1.807, 2.05) is 84.9 Å². The Kier molecular flexibility index (Phi) is 7.00. The number of nitrogens with zero attached hydrogens (tertiary/aromatic N) is 2. The summed E-state index contributed by atoms with van der Waals surface area (Å²) in [6.07, 6.45) is 2.55. The SMILES string of the molecule is CC1CCN(CCOc2ccc(N(C(=O)c3ccccc3)c3ccccc3)cc2)CC1. The summed E-state index contributed by atoms with van der Waals surface area (Å²) in [6.45, 7) is 6.29. The van der Waals surface area contributed by atoms with Gasteiger partial charge in [0.1, 0.15) is 12.4 Å². The lowest BCUT2D eigenvalue weighted by molar-refractivity contribution is 0.0999. The number of para-hydroxylation sites is 1. The molecule has 0 spiro atoms. The summed E-state index contributed by atoms with van der Waals surface area (Å²) >= 11 is 0. The van der Waals surface area contributed by atoms with Crippen LogP contribution in [-0.2, 0) is 0 Å². The molecule has 4 nitrogen and oxygen atoms in total. The van der Waals surface area contributed by atoms with E-state index in [2.05, 4.69) is 11.8 Å². The highest BCUT2D eigenvalue weighted by Crippen LogP contribution is 2.29. The lowest BCUT2D eigenvalue weighted by Gasteiger charge is -2.29. The van der Waals surface area contributed by atoms with Crippen molar-refractivity contribution in [3.8, 4) is 5.75 Å². The molecule has 31 heavy (non-hydrogen) atoms. The number of hydrogen-bond acceptors (Lipinski definition) is 3. The lowest BCUT2D eigenvalue weighted by Crippen LogP contribution is -2.35. The molecule has 0 N–H and O–H groups in total. The first-order valence-corrected chi connectivity index (χ1v) is 11.1. The van der Waals surface area contributed by atoms with Gasteiger partial charge in [-0.15, -0.1) is 0 Å². The molecular weight excluding hydrogens is 384 g/mol. The summed E-state index contributed by atoms with van der Waals surface area (Å²) in [5.74, 6) is 1.62. The standard InChI is InChI=1S/C27H30N2O2/c1-22-16-18-28(19-17-22)20-21-31-26-14-12-25(13-15-26)29(24-10-6-3-7-11-24)27(30)23-8-4-2-5-9-23/h2-15,22H,16-21H2,1H3. The third-order valence-corrected chi connectivity index (χ3v) is 5.89. The normalized spacial score (nSPS) is 14.9. The molecule has 1 heterocycles. The first kappa shape index (κ1) is 21.1. The average molecular weight is 415 g/mol. The second kappa shape index (κ2) is 10.3. The molecule has 0 radical (unpaired) electrons. The quantitative estimate of drug-likeness (QED) is 0.492.